The molecule has 0 aliphatic carbocycles. The summed E-state index contributed by atoms with van der Waals surface area (Å²) in [5.74, 6) is -0.0902. The van der Waals surface area contributed by atoms with Crippen LogP contribution in [0.5, 0.6) is 0 Å². The van der Waals surface area contributed by atoms with Crippen molar-refractivity contribution < 1.29 is 9.59 Å². The molecule has 2 aromatic rings. The van der Waals surface area contributed by atoms with E-state index in [2.05, 4.69) is 9.88 Å². The van der Waals surface area contributed by atoms with Crippen molar-refractivity contribution in [3.63, 3.8) is 0 Å². The number of aromatic nitrogens is 1. The third kappa shape index (κ3) is 4.07. The Balaban J connectivity index is 1.32. The van der Waals surface area contributed by atoms with Crippen LogP contribution in [-0.2, 0) is 16.1 Å². The summed E-state index contributed by atoms with van der Waals surface area (Å²) in [5, 5.41) is 0. The fourth-order valence-electron chi connectivity index (χ4n) is 3.95. The standard InChI is InChI=1S/C22H26N4O2/c1-17-5-7-20(8-6-17)26-15-18(14-21(26)27)22(28)25-12-10-24(11-13-25)16-19-4-2-3-9-23-19/h2-9,18H,10-16H2,1H3. The predicted molar refractivity (Wildman–Crippen MR) is 108 cm³/mol. The van der Waals surface area contributed by atoms with E-state index in [0.29, 0.717) is 26.1 Å². The van der Waals surface area contributed by atoms with Gasteiger partial charge in [-0.05, 0) is 31.2 Å². The molecule has 0 spiro atoms. The molecular weight excluding hydrogens is 352 g/mol. The number of pyridine rings is 1. The Labute approximate surface area is 165 Å². The maximum absolute atomic E-state index is 13.0. The number of carbonyl (C=O) groups is 2. The number of nitrogens with zero attached hydrogens (tertiary/aromatic N) is 4. The Kier molecular flexibility index (Phi) is 5.39. The van der Waals surface area contributed by atoms with Crippen LogP contribution in [0.2, 0.25) is 0 Å². The number of piperazine rings is 1. The van der Waals surface area contributed by atoms with E-state index in [1.807, 2.05) is 60.5 Å². The molecule has 146 valence electrons. The highest BCUT2D eigenvalue weighted by Gasteiger charge is 2.37. The van der Waals surface area contributed by atoms with Crippen molar-refractivity contribution in [1.82, 2.24) is 14.8 Å². The molecule has 6 heteroatoms. The first-order chi connectivity index (χ1) is 13.6. The van der Waals surface area contributed by atoms with Crippen LogP contribution in [-0.4, -0.2) is 59.3 Å². The van der Waals surface area contributed by atoms with Crippen LogP contribution in [0.25, 0.3) is 0 Å². The summed E-state index contributed by atoms with van der Waals surface area (Å²) in [5.41, 5.74) is 3.09. The molecule has 1 atom stereocenters. The number of anilines is 1. The summed E-state index contributed by atoms with van der Waals surface area (Å²) in [7, 11) is 0. The van der Waals surface area contributed by atoms with Gasteiger partial charge in [-0.2, -0.15) is 0 Å². The molecule has 1 unspecified atom stereocenters. The lowest BCUT2D eigenvalue weighted by Gasteiger charge is -2.35. The minimum absolute atomic E-state index is 0.0380. The quantitative estimate of drug-likeness (QED) is 0.818. The molecule has 2 fully saturated rings. The first kappa shape index (κ1) is 18.6. The van der Waals surface area contributed by atoms with Gasteiger partial charge in [0.1, 0.15) is 0 Å². The number of rotatable bonds is 4. The molecule has 28 heavy (non-hydrogen) atoms. The van der Waals surface area contributed by atoms with Crippen molar-refractivity contribution in [1.29, 1.82) is 0 Å². The van der Waals surface area contributed by atoms with E-state index in [1.54, 1.807) is 4.90 Å². The first-order valence-corrected chi connectivity index (χ1v) is 9.88. The second-order valence-corrected chi connectivity index (χ2v) is 7.66. The number of benzene rings is 1. The van der Waals surface area contributed by atoms with Crippen LogP contribution < -0.4 is 4.90 Å². The van der Waals surface area contributed by atoms with Crippen molar-refractivity contribution in [2.24, 2.45) is 5.92 Å². The Morgan fingerprint density at radius 2 is 1.82 bits per heavy atom. The van der Waals surface area contributed by atoms with E-state index in [0.717, 1.165) is 36.6 Å². The van der Waals surface area contributed by atoms with E-state index in [1.165, 1.54) is 0 Å². The minimum atomic E-state index is -0.240. The Morgan fingerprint density at radius 1 is 1.07 bits per heavy atom. The zero-order chi connectivity index (χ0) is 19.5. The average Bonchev–Trinajstić information content (AvgIpc) is 3.11. The van der Waals surface area contributed by atoms with Gasteiger partial charge in [-0.1, -0.05) is 23.8 Å². The number of amides is 2. The van der Waals surface area contributed by atoms with Crippen molar-refractivity contribution in [3.8, 4) is 0 Å². The van der Waals surface area contributed by atoms with Gasteiger partial charge in [0, 0.05) is 57.6 Å². The van der Waals surface area contributed by atoms with Crippen LogP contribution in [0.3, 0.4) is 0 Å². The van der Waals surface area contributed by atoms with Gasteiger partial charge in [0.05, 0.1) is 11.6 Å². The molecule has 2 aliphatic heterocycles. The van der Waals surface area contributed by atoms with Gasteiger partial charge in [-0.15, -0.1) is 0 Å². The fourth-order valence-corrected chi connectivity index (χ4v) is 3.95. The van der Waals surface area contributed by atoms with Crippen LogP contribution in [0.1, 0.15) is 17.7 Å². The molecule has 0 radical (unpaired) electrons. The van der Waals surface area contributed by atoms with E-state index < -0.39 is 0 Å². The van der Waals surface area contributed by atoms with Gasteiger partial charge in [0.2, 0.25) is 11.8 Å². The SMILES string of the molecule is Cc1ccc(N2CC(C(=O)N3CCN(Cc4ccccn4)CC3)CC2=O)cc1. The Bertz CT molecular complexity index is 829. The van der Waals surface area contributed by atoms with E-state index in [9.17, 15) is 9.59 Å². The maximum Gasteiger partial charge on any atom is 0.228 e. The smallest absolute Gasteiger partial charge is 0.228 e. The summed E-state index contributed by atoms with van der Waals surface area (Å²) < 4.78 is 0. The highest BCUT2D eigenvalue weighted by atomic mass is 16.2. The summed E-state index contributed by atoms with van der Waals surface area (Å²) in [6, 6.07) is 13.9. The van der Waals surface area contributed by atoms with Gasteiger partial charge in [-0.3, -0.25) is 19.5 Å². The number of hydrogen-bond acceptors (Lipinski definition) is 4. The van der Waals surface area contributed by atoms with Crippen LogP contribution >= 0.6 is 0 Å². The summed E-state index contributed by atoms with van der Waals surface area (Å²) in [6.45, 7) is 6.41. The molecule has 3 heterocycles. The third-order valence-corrected chi connectivity index (χ3v) is 5.62. The molecular formula is C22H26N4O2. The highest BCUT2D eigenvalue weighted by Crippen LogP contribution is 2.27. The summed E-state index contributed by atoms with van der Waals surface area (Å²) >= 11 is 0. The lowest BCUT2D eigenvalue weighted by atomic mass is 10.1. The number of hydrogen-bond donors (Lipinski definition) is 0. The van der Waals surface area contributed by atoms with E-state index in [-0.39, 0.29) is 17.7 Å². The molecule has 0 N–H and O–H groups in total. The van der Waals surface area contributed by atoms with Gasteiger partial charge in [-0.25, -0.2) is 0 Å². The summed E-state index contributed by atoms with van der Waals surface area (Å²) in [6.07, 6.45) is 2.12. The second-order valence-electron chi connectivity index (χ2n) is 7.66. The highest BCUT2D eigenvalue weighted by molar-refractivity contribution is 6.00. The molecule has 1 aromatic carbocycles. The largest absolute Gasteiger partial charge is 0.340 e. The monoisotopic (exact) mass is 378 g/mol. The molecule has 4 rings (SSSR count). The van der Waals surface area contributed by atoms with Crippen molar-refractivity contribution in [2.45, 2.75) is 19.9 Å². The topological polar surface area (TPSA) is 56.8 Å². The Hall–Kier alpha value is -2.73. The van der Waals surface area contributed by atoms with Crippen LogP contribution in [0.15, 0.2) is 48.7 Å². The van der Waals surface area contributed by atoms with E-state index >= 15 is 0 Å². The van der Waals surface area contributed by atoms with Crippen molar-refractivity contribution >= 4 is 17.5 Å². The number of aryl methyl sites for hydroxylation is 1. The predicted octanol–water partition coefficient (Wildman–Crippen LogP) is 2.09. The molecule has 2 aliphatic rings. The molecule has 1 aromatic heterocycles. The Morgan fingerprint density at radius 3 is 2.50 bits per heavy atom. The van der Waals surface area contributed by atoms with E-state index in [4.69, 9.17) is 0 Å². The normalized spacial score (nSPS) is 20.6. The second kappa shape index (κ2) is 8.10. The molecule has 6 nitrogen and oxygen atoms in total. The van der Waals surface area contributed by atoms with Crippen LogP contribution in [0, 0.1) is 12.8 Å². The van der Waals surface area contributed by atoms with Gasteiger partial charge < -0.3 is 9.80 Å². The zero-order valence-corrected chi connectivity index (χ0v) is 16.3. The zero-order valence-electron chi connectivity index (χ0n) is 16.3. The summed E-state index contributed by atoms with van der Waals surface area (Å²) in [4.78, 5) is 35.8. The first-order valence-electron chi connectivity index (χ1n) is 9.88. The lowest BCUT2D eigenvalue weighted by molar-refractivity contribution is -0.137. The molecule has 0 bridgehead atoms. The van der Waals surface area contributed by atoms with Gasteiger partial charge >= 0.3 is 0 Å². The third-order valence-electron chi connectivity index (χ3n) is 5.62. The maximum atomic E-state index is 13.0. The molecule has 2 saturated heterocycles. The average molecular weight is 378 g/mol. The van der Waals surface area contributed by atoms with Crippen molar-refractivity contribution in [3.05, 3.63) is 59.9 Å². The fraction of sp³-hybridized carbons (Fsp3) is 0.409. The number of carbonyl (C=O) groups excluding carboxylic acids is 2. The molecule has 2 amide bonds. The van der Waals surface area contributed by atoms with Gasteiger partial charge in [0.25, 0.3) is 0 Å². The lowest BCUT2D eigenvalue weighted by Crippen LogP contribution is -2.50. The minimum Gasteiger partial charge on any atom is -0.340 e. The molecule has 0 saturated carbocycles. The van der Waals surface area contributed by atoms with Crippen LogP contribution in [0.4, 0.5) is 5.69 Å². The van der Waals surface area contributed by atoms with Gasteiger partial charge in [0.15, 0.2) is 0 Å². The van der Waals surface area contributed by atoms with Crippen molar-refractivity contribution in [2.75, 3.05) is 37.6 Å².